The molecule has 7 heteroatoms. The Balaban J connectivity index is 2.78. The van der Waals surface area contributed by atoms with E-state index in [2.05, 4.69) is 11.9 Å². The number of rotatable bonds is 7. The van der Waals surface area contributed by atoms with Gasteiger partial charge in [-0.15, -0.1) is 6.58 Å². The highest BCUT2D eigenvalue weighted by atomic mass is 32.2. The maximum absolute atomic E-state index is 11.7. The normalized spacial score (nSPS) is 10.7. The van der Waals surface area contributed by atoms with Crippen LogP contribution in [0.3, 0.4) is 0 Å². The quantitative estimate of drug-likeness (QED) is 0.766. The average Bonchev–Trinajstić information content (AvgIpc) is 2.37. The van der Waals surface area contributed by atoms with Gasteiger partial charge in [-0.05, 0) is 12.1 Å². The average molecular weight is 299 g/mol. The number of hydrogen-bond acceptors (Lipinski definition) is 5. The molecule has 0 aliphatic rings. The molecule has 1 rings (SSSR count). The Kier molecular flexibility index (Phi) is 5.57. The zero-order valence-corrected chi connectivity index (χ0v) is 12.2. The van der Waals surface area contributed by atoms with Gasteiger partial charge in [0.2, 0.25) is 5.91 Å². The number of anilines is 1. The molecule has 6 nitrogen and oxygen atoms in total. The Labute approximate surface area is 118 Å². The molecule has 0 bridgehead atoms. The molecule has 1 amide bonds. The molecule has 0 heterocycles. The number of amides is 1. The molecule has 0 unspecified atom stereocenters. The van der Waals surface area contributed by atoms with E-state index in [1.54, 1.807) is 18.2 Å². The summed E-state index contributed by atoms with van der Waals surface area (Å²) in [4.78, 5) is 11.7. The lowest BCUT2D eigenvalue weighted by Gasteiger charge is -2.10. The number of carbonyl (C=O) groups excluding carboxylic acids is 1. The van der Waals surface area contributed by atoms with Crippen molar-refractivity contribution in [2.45, 2.75) is 0 Å². The van der Waals surface area contributed by atoms with E-state index >= 15 is 0 Å². The van der Waals surface area contributed by atoms with E-state index in [9.17, 15) is 13.2 Å². The molecule has 110 valence electrons. The maximum atomic E-state index is 11.7. The van der Waals surface area contributed by atoms with Crippen LogP contribution >= 0.6 is 0 Å². The topological polar surface area (TPSA) is 81.7 Å². The summed E-state index contributed by atoms with van der Waals surface area (Å²) >= 11 is 0. The zero-order chi connectivity index (χ0) is 15.2. The fraction of sp³-hybridized carbons (Fsp3) is 0.308. The van der Waals surface area contributed by atoms with Crippen LogP contribution in [0.4, 0.5) is 5.69 Å². The minimum atomic E-state index is -3.47. The number of nitrogens with one attached hydrogen (secondary N) is 1. The van der Waals surface area contributed by atoms with E-state index in [1.807, 2.05) is 0 Å². The van der Waals surface area contributed by atoms with Gasteiger partial charge in [-0.25, -0.2) is 8.42 Å². The fourth-order valence-electron chi connectivity index (χ4n) is 1.55. The summed E-state index contributed by atoms with van der Waals surface area (Å²) < 4.78 is 33.1. The summed E-state index contributed by atoms with van der Waals surface area (Å²) in [7, 11) is -0.497. The van der Waals surface area contributed by atoms with E-state index in [1.165, 1.54) is 20.3 Å². The first-order chi connectivity index (χ1) is 9.41. The maximum Gasteiger partial charge on any atom is 0.239 e. The summed E-state index contributed by atoms with van der Waals surface area (Å²) in [5, 5.41) is 2.49. The van der Waals surface area contributed by atoms with Crippen LogP contribution in [0.25, 0.3) is 0 Å². The van der Waals surface area contributed by atoms with Crippen molar-refractivity contribution in [2.75, 3.05) is 31.0 Å². The van der Waals surface area contributed by atoms with E-state index in [-0.39, 0.29) is 5.75 Å². The summed E-state index contributed by atoms with van der Waals surface area (Å²) in [5.41, 5.74) is 0.432. The van der Waals surface area contributed by atoms with Crippen molar-refractivity contribution in [1.29, 1.82) is 0 Å². The minimum absolute atomic E-state index is 0.230. The molecule has 0 atom stereocenters. The Morgan fingerprint density at radius 2 is 1.95 bits per heavy atom. The molecule has 0 fully saturated rings. The van der Waals surface area contributed by atoms with Crippen LogP contribution in [0, 0.1) is 0 Å². The van der Waals surface area contributed by atoms with Crippen molar-refractivity contribution in [3.05, 3.63) is 30.9 Å². The third kappa shape index (κ3) is 4.58. The molecule has 0 aliphatic heterocycles. The highest BCUT2D eigenvalue weighted by molar-refractivity contribution is 7.92. The monoisotopic (exact) mass is 299 g/mol. The summed E-state index contributed by atoms with van der Waals surface area (Å²) in [5.74, 6) is -0.470. The smallest absolute Gasteiger partial charge is 0.239 e. The first kappa shape index (κ1) is 16.0. The van der Waals surface area contributed by atoms with Crippen molar-refractivity contribution in [1.82, 2.24) is 0 Å². The third-order valence-corrected chi connectivity index (χ3v) is 3.84. The molecule has 1 N–H and O–H groups in total. The van der Waals surface area contributed by atoms with Gasteiger partial charge in [-0.3, -0.25) is 4.79 Å². The van der Waals surface area contributed by atoms with Crippen molar-refractivity contribution in [3.63, 3.8) is 0 Å². The first-order valence-electron chi connectivity index (χ1n) is 5.75. The van der Waals surface area contributed by atoms with Gasteiger partial charge in [0.15, 0.2) is 21.3 Å². The Morgan fingerprint density at radius 3 is 2.50 bits per heavy atom. The SMILES string of the molecule is C=CCS(=O)(=O)CC(=O)Nc1ccc(OC)c(OC)c1. The van der Waals surface area contributed by atoms with E-state index < -0.39 is 21.5 Å². The largest absolute Gasteiger partial charge is 0.493 e. The Morgan fingerprint density at radius 1 is 1.30 bits per heavy atom. The highest BCUT2D eigenvalue weighted by Gasteiger charge is 2.15. The molecule has 0 radical (unpaired) electrons. The number of carbonyl (C=O) groups is 1. The second-order valence-electron chi connectivity index (χ2n) is 3.96. The predicted molar refractivity (Wildman–Crippen MR) is 77.0 cm³/mol. The first-order valence-corrected chi connectivity index (χ1v) is 7.57. The standard InChI is InChI=1S/C13H17NO5S/c1-4-7-20(16,17)9-13(15)14-10-5-6-11(18-2)12(8-10)19-3/h4-6,8H,1,7,9H2,2-3H3,(H,14,15). The lowest BCUT2D eigenvalue weighted by atomic mass is 10.2. The van der Waals surface area contributed by atoms with Crippen LogP contribution in [0.15, 0.2) is 30.9 Å². The Bertz CT molecular complexity index is 595. The Hall–Kier alpha value is -2.02. The van der Waals surface area contributed by atoms with Gasteiger partial charge in [0, 0.05) is 11.8 Å². The van der Waals surface area contributed by atoms with Gasteiger partial charge >= 0.3 is 0 Å². The lowest BCUT2D eigenvalue weighted by molar-refractivity contribution is -0.113. The number of hydrogen-bond donors (Lipinski definition) is 1. The molecule has 1 aromatic carbocycles. The van der Waals surface area contributed by atoms with Crippen LogP contribution in [0.5, 0.6) is 11.5 Å². The van der Waals surface area contributed by atoms with Gasteiger partial charge in [-0.2, -0.15) is 0 Å². The number of ether oxygens (including phenoxy) is 2. The van der Waals surface area contributed by atoms with Crippen LogP contribution in [-0.2, 0) is 14.6 Å². The molecular weight excluding hydrogens is 282 g/mol. The van der Waals surface area contributed by atoms with E-state index in [0.717, 1.165) is 0 Å². The molecular formula is C13H17NO5S. The molecule has 20 heavy (non-hydrogen) atoms. The van der Waals surface area contributed by atoms with Gasteiger partial charge in [0.1, 0.15) is 5.75 Å². The molecule has 0 saturated carbocycles. The zero-order valence-electron chi connectivity index (χ0n) is 11.4. The molecule has 0 aromatic heterocycles. The van der Waals surface area contributed by atoms with Crippen molar-refractivity contribution >= 4 is 21.4 Å². The van der Waals surface area contributed by atoms with Crippen molar-refractivity contribution in [2.24, 2.45) is 0 Å². The van der Waals surface area contributed by atoms with E-state index in [0.29, 0.717) is 17.2 Å². The molecule has 0 aliphatic carbocycles. The highest BCUT2D eigenvalue weighted by Crippen LogP contribution is 2.29. The van der Waals surface area contributed by atoms with Gasteiger partial charge in [-0.1, -0.05) is 6.08 Å². The van der Waals surface area contributed by atoms with Crippen molar-refractivity contribution < 1.29 is 22.7 Å². The van der Waals surface area contributed by atoms with Crippen LogP contribution in [0.1, 0.15) is 0 Å². The van der Waals surface area contributed by atoms with Crippen LogP contribution in [-0.4, -0.2) is 40.1 Å². The number of benzene rings is 1. The number of methoxy groups -OCH3 is 2. The fourth-order valence-corrected chi connectivity index (χ4v) is 2.50. The number of sulfone groups is 1. The summed E-state index contributed by atoms with van der Waals surface area (Å²) in [6.45, 7) is 3.34. The second-order valence-corrected chi connectivity index (χ2v) is 6.07. The predicted octanol–water partition coefficient (Wildman–Crippen LogP) is 1.24. The van der Waals surface area contributed by atoms with Crippen LogP contribution < -0.4 is 14.8 Å². The second kappa shape index (κ2) is 6.95. The minimum Gasteiger partial charge on any atom is -0.493 e. The van der Waals surface area contributed by atoms with Gasteiger partial charge in [0.05, 0.1) is 20.0 Å². The van der Waals surface area contributed by atoms with Crippen molar-refractivity contribution in [3.8, 4) is 11.5 Å². The third-order valence-electron chi connectivity index (χ3n) is 2.39. The molecule has 0 spiro atoms. The lowest BCUT2D eigenvalue weighted by Crippen LogP contribution is -2.24. The van der Waals surface area contributed by atoms with Crippen LogP contribution in [0.2, 0.25) is 0 Å². The molecule has 0 saturated heterocycles. The summed E-state index contributed by atoms with van der Waals surface area (Å²) in [6.07, 6.45) is 1.25. The van der Waals surface area contributed by atoms with Gasteiger partial charge < -0.3 is 14.8 Å². The molecule has 1 aromatic rings. The van der Waals surface area contributed by atoms with Gasteiger partial charge in [0.25, 0.3) is 0 Å². The summed E-state index contributed by atoms with van der Waals surface area (Å²) in [6, 6.07) is 4.77. The van der Waals surface area contributed by atoms with E-state index in [4.69, 9.17) is 9.47 Å².